The summed E-state index contributed by atoms with van der Waals surface area (Å²) in [4.78, 5) is 34.1. The highest BCUT2D eigenvalue weighted by atomic mass is 35.5. The number of anilines is 1. The molecule has 0 atom stereocenters. The fraction of sp³-hybridized carbons (Fsp3) is 0.0476. The van der Waals surface area contributed by atoms with Crippen molar-refractivity contribution in [2.75, 3.05) is 5.32 Å². The van der Waals surface area contributed by atoms with E-state index in [4.69, 9.17) is 23.2 Å². The van der Waals surface area contributed by atoms with Crippen LogP contribution in [-0.2, 0) is 6.54 Å². The minimum Gasteiger partial charge on any atom is -0.505 e. The van der Waals surface area contributed by atoms with E-state index in [0.29, 0.717) is 17.7 Å². The third-order valence-corrected chi connectivity index (χ3v) is 5.06. The van der Waals surface area contributed by atoms with Gasteiger partial charge in [-0.2, -0.15) is 0 Å². The van der Waals surface area contributed by atoms with E-state index >= 15 is 0 Å². The summed E-state index contributed by atoms with van der Waals surface area (Å²) in [6, 6.07) is 11.2. The Labute approximate surface area is 180 Å². The van der Waals surface area contributed by atoms with Gasteiger partial charge in [0.1, 0.15) is 0 Å². The van der Waals surface area contributed by atoms with Crippen LogP contribution in [-0.4, -0.2) is 25.5 Å². The van der Waals surface area contributed by atoms with Crippen LogP contribution in [0.25, 0.3) is 10.9 Å². The zero-order valence-corrected chi connectivity index (χ0v) is 16.9. The molecule has 0 aliphatic carbocycles. The number of hydrogen-bond acceptors (Lipinski definition) is 5. The second-order valence-corrected chi connectivity index (χ2v) is 7.29. The number of phenols is 1. The molecule has 0 aliphatic heterocycles. The molecule has 0 bridgehead atoms. The molecule has 2 aromatic heterocycles. The number of rotatable bonds is 4. The average molecular weight is 441 g/mol. The molecule has 2 N–H and O–H groups in total. The zero-order chi connectivity index (χ0) is 21.3. The van der Waals surface area contributed by atoms with E-state index < -0.39 is 5.91 Å². The van der Waals surface area contributed by atoms with E-state index in [1.165, 1.54) is 23.0 Å². The molecule has 4 aromatic rings. The molecule has 0 spiro atoms. The Morgan fingerprint density at radius 1 is 1.10 bits per heavy atom. The Bertz CT molecular complexity index is 1300. The van der Waals surface area contributed by atoms with Crippen LogP contribution in [0.4, 0.5) is 5.69 Å². The maximum Gasteiger partial charge on any atom is 0.263 e. The van der Waals surface area contributed by atoms with Crippen LogP contribution >= 0.6 is 23.2 Å². The largest absolute Gasteiger partial charge is 0.505 e. The second kappa shape index (κ2) is 8.14. The van der Waals surface area contributed by atoms with Crippen molar-refractivity contribution in [2.24, 2.45) is 0 Å². The van der Waals surface area contributed by atoms with Crippen molar-refractivity contribution in [2.45, 2.75) is 6.54 Å². The molecule has 4 rings (SSSR count). The van der Waals surface area contributed by atoms with E-state index in [2.05, 4.69) is 15.3 Å². The Morgan fingerprint density at radius 2 is 1.80 bits per heavy atom. The van der Waals surface area contributed by atoms with Gasteiger partial charge in [-0.25, -0.2) is 4.98 Å². The monoisotopic (exact) mass is 440 g/mol. The number of nitrogens with one attached hydrogen (secondary N) is 1. The zero-order valence-electron chi connectivity index (χ0n) is 15.3. The second-order valence-electron chi connectivity index (χ2n) is 6.48. The van der Waals surface area contributed by atoms with E-state index in [-0.39, 0.29) is 32.3 Å². The number of aromatic hydroxyl groups is 1. The molecule has 0 saturated heterocycles. The molecular weight excluding hydrogens is 427 g/mol. The third kappa shape index (κ3) is 3.85. The summed E-state index contributed by atoms with van der Waals surface area (Å²) in [5.41, 5.74) is 1.49. The van der Waals surface area contributed by atoms with Crippen LogP contribution in [0, 0.1) is 0 Å². The van der Waals surface area contributed by atoms with Gasteiger partial charge in [0, 0.05) is 18.0 Å². The molecule has 0 radical (unpaired) electrons. The first-order valence-electron chi connectivity index (χ1n) is 8.80. The number of carbonyl (C=O) groups excluding carboxylic acids is 1. The molecule has 30 heavy (non-hydrogen) atoms. The number of amides is 1. The van der Waals surface area contributed by atoms with E-state index in [1.807, 2.05) is 12.1 Å². The smallest absolute Gasteiger partial charge is 0.263 e. The number of fused-ring (bicyclic) bond motifs is 1. The fourth-order valence-corrected chi connectivity index (χ4v) is 3.48. The molecule has 0 saturated carbocycles. The van der Waals surface area contributed by atoms with Crippen molar-refractivity contribution in [3.63, 3.8) is 0 Å². The minimum absolute atomic E-state index is 0.0491. The van der Waals surface area contributed by atoms with Gasteiger partial charge >= 0.3 is 0 Å². The SMILES string of the molecule is O=C(Nc1cccc2ncn(Cc3ccncc3)c(=O)c12)c1cc(Cl)c(O)c(Cl)c1. The molecule has 9 heteroatoms. The Kier molecular flexibility index (Phi) is 5.39. The highest BCUT2D eigenvalue weighted by Gasteiger charge is 2.16. The van der Waals surface area contributed by atoms with Crippen LogP contribution in [0.15, 0.2) is 66.0 Å². The number of nitrogens with zero attached hydrogens (tertiary/aromatic N) is 3. The van der Waals surface area contributed by atoms with Gasteiger partial charge in [-0.05, 0) is 42.0 Å². The lowest BCUT2D eigenvalue weighted by atomic mass is 10.1. The highest BCUT2D eigenvalue weighted by molar-refractivity contribution is 6.37. The summed E-state index contributed by atoms with van der Waals surface area (Å²) >= 11 is 11.8. The number of pyridine rings is 1. The number of halogens is 2. The summed E-state index contributed by atoms with van der Waals surface area (Å²) in [6.07, 6.45) is 4.76. The molecular formula is C21H14Cl2N4O3. The van der Waals surface area contributed by atoms with Crippen molar-refractivity contribution in [3.8, 4) is 5.75 Å². The van der Waals surface area contributed by atoms with Crippen molar-refractivity contribution < 1.29 is 9.90 Å². The van der Waals surface area contributed by atoms with Crippen molar-refractivity contribution in [1.82, 2.24) is 14.5 Å². The van der Waals surface area contributed by atoms with Gasteiger partial charge in [0.15, 0.2) is 5.75 Å². The Balaban J connectivity index is 1.73. The summed E-state index contributed by atoms with van der Waals surface area (Å²) in [6.45, 7) is 0.315. The van der Waals surface area contributed by atoms with Gasteiger partial charge in [0.25, 0.3) is 11.5 Å². The first-order valence-corrected chi connectivity index (χ1v) is 9.56. The van der Waals surface area contributed by atoms with Gasteiger partial charge in [0.05, 0.1) is 39.5 Å². The predicted octanol–water partition coefficient (Wildman–Crippen LogP) is 4.10. The van der Waals surface area contributed by atoms with E-state index in [0.717, 1.165) is 5.56 Å². The number of phenolic OH excluding ortho intramolecular Hbond substituents is 1. The average Bonchev–Trinajstić information content (AvgIpc) is 2.74. The number of aromatic nitrogens is 3. The van der Waals surface area contributed by atoms with Gasteiger partial charge in [-0.1, -0.05) is 29.3 Å². The molecule has 0 fully saturated rings. The molecule has 2 aromatic carbocycles. The Morgan fingerprint density at radius 3 is 2.50 bits per heavy atom. The van der Waals surface area contributed by atoms with Gasteiger partial charge in [0.2, 0.25) is 0 Å². The predicted molar refractivity (Wildman–Crippen MR) is 115 cm³/mol. The van der Waals surface area contributed by atoms with Gasteiger partial charge < -0.3 is 10.4 Å². The maximum absolute atomic E-state index is 13.1. The summed E-state index contributed by atoms with van der Waals surface area (Å²) < 4.78 is 1.46. The topological polar surface area (TPSA) is 97.1 Å². The quantitative estimate of drug-likeness (QED) is 0.497. The third-order valence-electron chi connectivity index (χ3n) is 4.48. The lowest BCUT2D eigenvalue weighted by Gasteiger charge is -2.11. The van der Waals surface area contributed by atoms with E-state index in [9.17, 15) is 14.7 Å². The lowest BCUT2D eigenvalue weighted by molar-refractivity contribution is 0.102. The minimum atomic E-state index is -0.532. The maximum atomic E-state index is 13.1. The van der Waals surface area contributed by atoms with Crippen LogP contribution in [0.1, 0.15) is 15.9 Å². The molecule has 2 heterocycles. The molecule has 1 amide bonds. The summed E-state index contributed by atoms with van der Waals surface area (Å²) in [5, 5.41) is 12.6. The first kappa shape index (κ1) is 19.9. The number of carbonyl (C=O) groups is 1. The summed E-state index contributed by atoms with van der Waals surface area (Å²) in [7, 11) is 0. The molecule has 0 unspecified atom stereocenters. The number of hydrogen-bond donors (Lipinski definition) is 2. The molecule has 150 valence electrons. The van der Waals surface area contributed by atoms with Crippen molar-refractivity contribution in [3.05, 3.63) is 92.7 Å². The van der Waals surface area contributed by atoms with Crippen molar-refractivity contribution in [1.29, 1.82) is 0 Å². The fourth-order valence-electron chi connectivity index (χ4n) is 2.99. The first-order chi connectivity index (χ1) is 14.4. The van der Waals surface area contributed by atoms with Crippen LogP contribution < -0.4 is 10.9 Å². The van der Waals surface area contributed by atoms with Gasteiger partial charge in [-0.15, -0.1) is 0 Å². The number of benzene rings is 2. The highest BCUT2D eigenvalue weighted by Crippen LogP contribution is 2.33. The van der Waals surface area contributed by atoms with Gasteiger partial charge in [-0.3, -0.25) is 19.1 Å². The van der Waals surface area contributed by atoms with Crippen LogP contribution in [0.2, 0.25) is 10.0 Å². The standard InChI is InChI=1S/C21H14Cl2N4O3/c22-14-8-13(9-15(23)19(14)28)20(29)26-17-3-1-2-16-18(17)21(30)27(11-25-16)10-12-4-6-24-7-5-12/h1-9,11,28H,10H2,(H,26,29). The summed E-state index contributed by atoms with van der Waals surface area (Å²) in [5.74, 6) is -0.835. The van der Waals surface area contributed by atoms with Crippen molar-refractivity contribution >= 4 is 45.7 Å². The van der Waals surface area contributed by atoms with Crippen LogP contribution in [0.5, 0.6) is 5.75 Å². The molecule has 7 nitrogen and oxygen atoms in total. The molecule has 0 aliphatic rings. The Hall–Kier alpha value is -3.42. The van der Waals surface area contributed by atoms with E-state index in [1.54, 1.807) is 30.6 Å². The lowest BCUT2D eigenvalue weighted by Crippen LogP contribution is -2.23. The van der Waals surface area contributed by atoms with Crippen LogP contribution in [0.3, 0.4) is 0 Å². The normalized spacial score (nSPS) is 10.9.